The van der Waals surface area contributed by atoms with Crippen LogP contribution in [0, 0.1) is 0 Å². The molecule has 0 radical (unpaired) electrons. The molecule has 0 aliphatic heterocycles. The number of anilines is 1. The van der Waals surface area contributed by atoms with E-state index in [4.69, 9.17) is 11.6 Å². The monoisotopic (exact) mass is 288 g/mol. The van der Waals surface area contributed by atoms with E-state index in [-0.39, 0.29) is 0 Å². The lowest BCUT2D eigenvalue weighted by atomic mass is 10.3. The average molecular weight is 289 g/mol. The molecule has 0 saturated heterocycles. The van der Waals surface area contributed by atoms with E-state index in [0.717, 1.165) is 5.39 Å². The van der Waals surface area contributed by atoms with Crippen LogP contribution in [0.25, 0.3) is 11.0 Å². The van der Waals surface area contributed by atoms with Crippen LogP contribution in [0.4, 0.5) is 10.5 Å². The number of carbonyl (C=O) groups is 1. The Labute approximate surface area is 118 Å². The van der Waals surface area contributed by atoms with Crippen molar-refractivity contribution < 1.29 is 4.79 Å². The third-order valence-corrected chi connectivity index (χ3v) is 2.89. The van der Waals surface area contributed by atoms with E-state index in [2.05, 4.69) is 25.8 Å². The van der Waals surface area contributed by atoms with Gasteiger partial charge >= 0.3 is 6.03 Å². The number of halogens is 1. The Kier molecular flexibility index (Phi) is 3.18. The SMILES string of the molecule is O=C(Nc1ccccc1Cl)Nn1ncc2cncnc21. The predicted molar refractivity (Wildman–Crippen MR) is 75.2 cm³/mol. The molecule has 20 heavy (non-hydrogen) atoms. The van der Waals surface area contributed by atoms with Crippen molar-refractivity contribution in [3.63, 3.8) is 0 Å². The third-order valence-electron chi connectivity index (χ3n) is 2.56. The van der Waals surface area contributed by atoms with Crippen LogP contribution in [0.3, 0.4) is 0 Å². The fraction of sp³-hybridized carbons (Fsp3) is 0. The summed E-state index contributed by atoms with van der Waals surface area (Å²) >= 11 is 5.96. The maximum absolute atomic E-state index is 11.9. The summed E-state index contributed by atoms with van der Waals surface area (Å²) in [6.45, 7) is 0. The molecule has 2 aromatic heterocycles. The number of para-hydroxylation sites is 1. The second kappa shape index (κ2) is 5.14. The molecule has 0 bridgehead atoms. The summed E-state index contributed by atoms with van der Waals surface area (Å²) in [7, 11) is 0. The van der Waals surface area contributed by atoms with Gasteiger partial charge in [0.2, 0.25) is 0 Å². The summed E-state index contributed by atoms with van der Waals surface area (Å²) in [6, 6.07) is 6.47. The zero-order valence-corrected chi connectivity index (χ0v) is 10.9. The summed E-state index contributed by atoms with van der Waals surface area (Å²) in [6.07, 6.45) is 4.55. The van der Waals surface area contributed by atoms with Gasteiger partial charge in [0.05, 0.1) is 22.3 Å². The van der Waals surface area contributed by atoms with Gasteiger partial charge in [0.25, 0.3) is 0 Å². The molecule has 3 rings (SSSR count). The lowest BCUT2D eigenvalue weighted by molar-refractivity contribution is 0.259. The van der Waals surface area contributed by atoms with Crippen molar-refractivity contribution in [2.45, 2.75) is 0 Å². The highest BCUT2D eigenvalue weighted by Crippen LogP contribution is 2.20. The van der Waals surface area contributed by atoms with Gasteiger partial charge in [-0.05, 0) is 12.1 Å². The van der Waals surface area contributed by atoms with E-state index in [1.807, 2.05) is 0 Å². The van der Waals surface area contributed by atoms with Crippen LogP contribution in [-0.4, -0.2) is 25.9 Å². The number of carbonyl (C=O) groups excluding carboxylic acids is 1. The predicted octanol–water partition coefficient (Wildman–Crippen LogP) is 2.26. The molecule has 100 valence electrons. The number of fused-ring (bicyclic) bond motifs is 1. The Balaban J connectivity index is 1.78. The molecule has 0 saturated carbocycles. The smallest absolute Gasteiger partial charge is 0.305 e. The number of amides is 2. The van der Waals surface area contributed by atoms with Gasteiger partial charge in [-0.2, -0.15) is 9.89 Å². The van der Waals surface area contributed by atoms with Gasteiger partial charge in [-0.3, -0.25) is 0 Å². The molecule has 2 N–H and O–H groups in total. The molecular formula is C12H9ClN6O. The number of nitrogens with zero attached hydrogens (tertiary/aromatic N) is 4. The van der Waals surface area contributed by atoms with Gasteiger partial charge in [0.15, 0.2) is 5.65 Å². The lowest BCUT2D eigenvalue weighted by Crippen LogP contribution is -2.28. The van der Waals surface area contributed by atoms with E-state index in [1.165, 1.54) is 11.1 Å². The minimum absolute atomic E-state index is 0.454. The fourth-order valence-corrected chi connectivity index (χ4v) is 1.85. The fourth-order valence-electron chi connectivity index (χ4n) is 1.67. The minimum Gasteiger partial charge on any atom is -0.305 e. The number of benzene rings is 1. The molecular weight excluding hydrogens is 280 g/mol. The molecule has 0 unspecified atom stereocenters. The highest BCUT2D eigenvalue weighted by molar-refractivity contribution is 6.33. The van der Waals surface area contributed by atoms with Crippen LogP contribution in [0.5, 0.6) is 0 Å². The molecule has 0 aliphatic rings. The van der Waals surface area contributed by atoms with Gasteiger partial charge in [0.1, 0.15) is 6.33 Å². The first-order chi connectivity index (χ1) is 9.74. The number of aromatic nitrogens is 4. The highest BCUT2D eigenvalue weighted by atomic mass is 35.5. The normalized spacial score (nSPS) is 10.4. The van der Waals surface area contributed by atoms with Crippen molar-refractivity contribution in [1.82, 2.24) is 19.9 Å². The zero-order chi connectivity index (χ0) is 13.9. The Hall–Kier alpha value is -2.67. The Morgan fingerprint density at radius 3 is 2.95 bits per heavy atom. The molecule has 2 amide bonds. The van der Waals surface area contributed by atoms with Crippen LogP contribution in [0.1, 0.15) is 0 Å². The van der Waals surface area contributed by atoms with Crippen molar-refractivity contribution in [1.29, 1.82) is 0 Å². The molecule has 0 spiro atoms. The lowest BCUT2D eigenvalue weighted by Gasteiger charge is -2.08. The summed E-state index contributed by atoms with van der Waals surface area (Å²) < 4.78 is 0. The zero-order valence-electron chi connectivity index (χ0n) is 10.1. The number of nitrogens with one attached hydrogen (secondary N) is 2. The largest absolute Gasteiger partial charge is 0.339 e. The van der Waals surface area contributed by atoms with Gasteiger partial charge in [0, 0.05) is 6.20 Å². The standard InChI is InChI=1S/C12H9ClN6O/c13-9-3-1-2-4-10(9)17-12(20)18-19-11-8(6-16-19)5-14-7-15-11/h1-7H,(H2,17,18,20). The molecule has 2 heterocycles. The number of hydrogen-bond donors (Lipinski definition) is 2. The first kappa shape index (κ1) is 12.4. The van der Waals surface area contributed by atoms with Gasteiger partial charge < -0.3 is 5.32 Å². The first-order valence-electron chi connectivity index (χ1n) is 5.70. The minimum atomic E-state index is -0.471. The number of hydrogen-bond acceptors (Lipinski definition) is 4. The Bertz CT molecular complexity index is 771. The van der Waals surface area contributed by atoms with E-state index in [0.29, 0.717) is 16.4 Å². The molecule has 0 fully saturated rings. The van der Waals surface area contributed by atoms with Crippen LogP contribution in [-0.2, 0) is 0 Å². The van der Waals surface area contributed by atoms with Crippen LogP contribution in [0.15, 0.2) is 43.0 Å². The van der Waals surface area contributed by atoms with Gasteiger partial charge in [-0.1, -0.05) is 23.7 Å². The van der Waals surface area contributed by atoms with Crippen molar-refractivity contribution >= 4 is 34.4 Å². The highest BCUT2D eigenvalue weighted by Gasteiger charge is 2.08. The first-order valence-corrected chi connectivity index (χ1v) is 6.08. The van der Waals surface area contributed by atoms with Gasteiger partial charge in [-0.25, -0.2) is 20.2 Å². The summed E-state index contributed by atoms with van der Waals surface area (Å²) in [5.74, 6) is 0. The van der Waals surface area contributed by atoms with E-state index >= 15 is 0 Å². The second-order valence-electron chi connectivity index (χ2n) is 3.90. The Morgan fingerprint density at radius 1 is 1.25 bits per heavy atom. The Morgan fingerprint density at radius 2 is 2.10 bits per heavy atom. The van der Waals surface area contributed by atoms with Crippen molar-refractivity contribution in [2.24, 2.45) is 0 Å². The molecule has 8 heteroatoms. The van der Waals surface area contributed by atoms with Crippen molar-refractivity contribution in [3.05, 3.63) is 48.0 Å². The van der Waals surface area contributed by atoms with E-state index in [9.17, 15) is 4.79 Å². The third kappa shape index (κ3) is 2.39. The maximum Gasteiger partial charge on any atom is 0.339 e. The number of urea groups is 1. The second-order valence-corrected chi connectivity index (χ2v) is 4.31. The van der Waals surface area contributed by atoms with Crippen LogP contribution in [0.2, 0.25) is 5.02 Å². The summed E-state index contributed by atoms with van der Waals surface area (Å²) in [5.41, 5.74) is 3.57. The molecule has 3 aromatic rings. The van der Waals surface area contributed by atoms with Crippen molar-refractivity contribution in [3.8, 4) is 0 Å². The average Bonchev–Trinajstić information content (AvgIpc) is 2.85. The molecule has 7 nitrogen and oxygen atoms in total. The van der Waals surface area contributed by atoms with Gasteiger partial charge in [-0.15, -0.1) is 0 Å². The van der Waals surface area contributed by atoms with Crippen LogP contribution < -0.4 is 10.7 Å². The molecule has 0 atom stereocenters. The van der Waals surface area contributed by atoms with E-state index in [1.54, 1.807) is 36.7 Å². The maximum atomic E-state index is 11.9. The van der Waals surface area contributed by atoms with Crippen LogP contribution >= 0.6 is 11.6 Å². The molecule has 0 aliphatic carbocycles. The molecule has 1 aromatic carbocycles. The van der Waals surface area contributed by atoms with E-state index < -0.39 is 6.03 Å². The quantitative estimate of drug-likeness (QED) is 0.757. The summed E-state index contributed by atoms with van der Waals surface area (Å²) in [4.78, 5) is 21.1. The van der Waals surface area contributed by atoms with Crippen molar-refractivity contribution in [2.75, 3.05) is 10.7 Å². The summed E-state index contributed by atoms with van der Waals surface area (Å²) in [5, 5.41) is 7.82. The number of rotatable bonds is 2. The topological polar surface area (TPSA) is 84.7 Å².